The van der Waals surface area contributed by atoms with Crippen molar-refractivity contribution in [3.05, 3.63) is 40.0 Å². The van der Waals surface area contributed by atoms with Crippen LogP contribution in [0.2, 0.25) is 0 Å². The van der Waals surface area contributed by atoms with Crippen LogP contribution < -0.4 is 4.74 Å². The van der Waals surface area contributed by atoms with Gasteiger partial charge in [-0.25, -0.2) is 4.57 Å². The topological polar surface area (TPSA) is 47.9 Å². The van der Waals surface area contributed by atoms with Crippen LogP contribution in [0.3, 0.4) is 0 Å². The highest BCUT2D eigenvalue weighted by Crippen LogP contribution is 2.25. The summed E-state index contributed by atoms with van der Waals surface area (Å²) in [5, 5.41) is 0. The van der Waals surface area contributed by atoms with Gasteiger partial charge in [0.1, 0.15) is 5.75 Å². The summed E-state index contributed by atoms with van der Waals surface area (Å²) in [4.78, 5) is 4.23. The van der Waals surface area contributed by atoms with Crippen LogP contribution in [0.5, 0.6) is 5.75 Å². The smallest absolute Gasteiger partial charge is 0.327 e. The summed E-state index contributed by atoms with van der Waals surface area (Å²) in [6.07, 6.45) is 5.67. The number of unbranched alkanes of at least 4 members (excludes halogenated alkanes) is 1. The van der Waals surface area contributed by atoms with Crippen molar-refractivity contribution in [1.29, 1.82) is 0 Å². The Balaban J connectivity index is 2.43. The van der Waals surface area contributed by atoms with Gasteiger partial charge in [0.15, 0.2) is 0 Å². The van der Waals surface area contributed by atoms with Gasteiger partial charge in [0.05, 0.1) is 18.8 Å². The molecule has 0 aliphatic rings. The first-order chi connectivity index (χ1) is 12.0. The van der Waals surface area contributed by atoms with Crippen molar-refractivity contribution in [1.82, 2.24) is 0 Å². The highest BCUT2D eigenvalue weighted by atomic mass is 127. The third-order valence-electron chi connectivity index (χ3n) is 4.29. The number of hydrogen-bond donors (Lipinski definition) is 0. The summed E-state index contributed by atoms with van der Waals surface area (Å²) in [5.41, 5.74) is 0.838. The number of allylic oxidation sites excluding steroid dienone is 1. The van der Waals surface area contributed by atoms with Gasteiger partial charge in [-0.1, -0.05) is 25.6 Å². The van der Waals surface area contributed by atoms with Crippen LogP contribution in [0.1, 0.15) is 44.6 Å². The van der Waals surface area contributed by atoms with E-state index in [9.17, 15) is 4.57 Å². The van der Waals surface area contributed by atoms with E-state index in [2.05, 4.69) is 53.0 Å². The first-order valence-electron chi connectivity index (χ1n) is 8.53. The Labute approximate surface area is 166 Å². The first kappa shape index (κ1) is 22.3. The van der Waals surface area contributed by atoms with E-state index in [-0.39, 0.29) is 14.2 Å². The highest BCUT2D eigenvalue weighted by molar-refractivity contribution is 14.1. The monoisotopic (exact) mass is 475 g/mol. The number of aliphatic imine (C=N–C) groups is 1. The zero-order chi connectivity index (χ0) is 18.5. The quantitative estimate of drug-likeness (QED) is 0.140. The van der Waals surface area contributed by atoms with Crippen LogP contribution in [0, 0.1) is 0 Å². The Bertz CT molecular complexity index is 550. The van der Waals surface area contributed by atoms with E-state index < -0.39 is 0 Å². The van der Waals surface area contributed by atoms with Crippen molar-refractivity contribution in [2.75, 3.05) is 13.2 Å². The average Bonchev–Trinajstić information content (AvgIpc) is 2.63. The minimum absolute atomic E-state index is 0.310. The first-order valence-corrected chi connectivity index (χ1v) is 10.3. The van der Waals surface area contributed by atoms with Gasteiger partial charge in [0.2, 0.25) is 0 Å². The molecule has 1 rings (SSSR count). The average molecular weight is 475 g/mol. The van der Waals surface area contributed by atoms with E-state index in [1.165, 1.54) is 9.14 Å². The molecular formula is C19H27INO3P. The molecule has 0 aliphatic heterocycles. The molecule has 0 heterocycles. The van der Waals surface area contributed by atoms with E-state index >= 15 is 0 Å². The van der Waals surface area contributed by atoms with E-state index in [0.717, 1.165) is 50.9 Å². The molecule has 138 valence electrons. The van der Waals surface area contributed by atoms with Gasteiger partial charge in [-0.15, -0.1) is 0 Å². The Kier molecular flexibility index (Phi) is 11.2. The fourth-order valence-corrected chi connectivity index (χ4v) is 3.15. The maximum Gasteiger partial charge on any atom is 0.327 e. The molecule has 4 nitrogen and oxygen atoms in total. The molecule has 0 amide bonds. The zero-order valence-electron chi connectivity index (χ0n) is 14.9. The predicted molar refractivity (Wildman–Crippen MR) is 113 cm³/mol. The molecule has 0 aliphatic carbocycles. The van der Waals surface area contributed by atoms with E-state index in [1.54, 1.807) is 0 Å². The number of rotatable bonds is 14. The number of halogens is 1. The Morgan fingerprint density at radius 2 is 2.04 bits per heavy atom. The molecule has 1 unspecified atom stereocenters. The summed E-state index contributed by atoms with van der Waals surface area (Å²) in [6.45, 7) is 10.7. The van der Waals surface area contributed by atoms with E-state index in [1.807, 2.05) is 19.1 Å². The minimum atomic E-state index is -0.380. The van der Waals surface area contributed by atoms with Gasteiger partial charge in [-0.2, -0.15) is 0 Å². The second-order valence-electron chi connectivity index (χ2n) is 6.05. The Morgan fingerprint density at radius 3 is 2.60 bits per heavy atom. The molecule has 0 bridgehead atoms. The lowest BCUT2D eigenvalue weighted by Gasteiger charge is -2.26. The van der Waals surface area contributed by atoms with Crippen LogP contribution >= 0.6 is 31.3 Å². The SMILES string of the molecule is C=NC(CC)(CCc1ccc(OCCCCC(=C)I)cc1)COP=O. The van der Waals surface area contributed by atoms with E-state index in [4.69, 9.17) is 9.26 Å². The molecule has 1 aromatic rings. The molecule has 6 heteroatoms. The van der Waals surface area contributed by atoms with Crippen LogP contribution in [-0.2, 0) is 15.5 Å². The van der Waals surface area contributed by atoms with Crippen molar-refractivity contribution in [3.63, 3.8) is 0 Å². The lowest BCUT2D eigenvalue weighted by atomic mass is 9.90. The van der Waals surface area contributed by atoms with Crippen LogP contribution in [-0.4, -0.2) is 25.5 Å². The molecule has 0 saturated heterocycles. The Morgan fingerprint density at radius 1 is 1.32 bits per heavy atom. The number of aryl methyl sites for hydroxylation is 1. The largest absolute Gasteiger partial charge is 0.494 e. The zero-order valence-corrected chi connectivity index (χ0v) is 17.9. The fraction of sp³-hybridized carbons (Fsp3) is 0.526. The van der Waals surface area contributed by atoms with Crippen molar-refractivity contribution < 1.29 is 13.8 Å². The normalized spacial score (nSPS) is 13.4. The van der Waals surface area contributed by atoms with Gasteiger partial charge in [-0.3, -0.25) is 9.52 Å². The molecule has 0 fully saturated rings. The maximum atomic E-state index is 10.6. The summed E-state index contributed by atoms with van der Waals surface area (Å²) >= 11 is 2.27. The van der Waals surface area contributed by atoms with Gasteiger partial charge in [0, 0.05) is 0 Å². The number of hydrogen-bond acceptors (Lipinski definition) is 4. The summed E-state index contributed by atoms with van der Waals surface area (Å²) in [5.74, 6) is 0.897. The van der Waals surface area contributed by atoms with Crippen LogP contribution in [0.15, 0.2) is 39.4 Å². The second kappa shape index (κ2) is 12.6. The number of nitrogens with zero attached hydrogens (tertiary/aromatic N) is 1. The Hall–Kier alpha value is -0.780. The van der Waals surface area contributed by atoms with Crippen molar-refractivity contribution in [2.24, 2.45) is 4.99 Å². The van der Waals surface area contributed by atoms with Gasteiger partial charge < -0.3 is 4.74 Å². The van der Waals surface area contributed by atoms with Crippen molar-refractivity contribution in [3.8, 4) is 5.75 Å². The summed E-state index contributed by atoms with van der Waals surface area (Å²) in [6, 6.07) is 8.18. The van der Waals surface area contributed by atoms with Gasteiger partial charge >= 0.3 is 8.69 Å². The van der Waals surface area contributed by atoms with Crippen LogP contribution in [0.4, 0.5) is 0 Å². The second-order valence-corrected chi connectivity index (χ2v) is 7.98. The standard InChI is InChI=1S/C19H27INO3P/c1-4-19(21-3,15-24-25-22)13-12-17-8-10-18(11-9-17)23-14-6-5-7-16(2)20/h8-11H,2-7,12-15H2,1H3. The maximum absolute atomic E-state index is 10.6. The molecule has 1 atom stereocenters. The van der Waals surface area contributed by atoms with Crippen LogP contribution in [0.25, 0.3) is 0 Å². The third kappa shape index (κ3) is 8.93. The summed E-state index contributed by atoms with van der Waals surface area (Å²) < 4.78 is 22.5. The molecular weight excluding hydrogens is 448 g/mol. The van der Waals surface area contributed by atoms with Crippen molar-refractivity contribution >= 4 is 38.0 Å². The molecule has 0 saturated carbocycles. The highest BCUT2D eigenvalue weighted by Gasteiger charge is 2.26. The molecule has 0 radical (unpaired) electrons. The molecule has 0 aromatic heterocycles. The third-order valence-corrected chi connectivity index (χ3v) is 5.07. The number of benzene rings is 1. The predicted octanol–water partition coefficient (Wildman–Crippen LogP) is 6.19. The lowest BCUT2D eigenvalue weighted by molar-refractivity contribution is 0.220. The van der Waals surface area contributed by atoms with E-state index in [0.29, 0.717) is 6.61 Å². The summed E-state index contributed by atoms with van der Waals surface area (Å²) in [7, 11) is -0.310. The molecule has 25 heavy (non-hydrogen) atoms. The fourth-order valence-electron chi connectivity index (χ4n) is 2.47. The minimum Gasteiger partial charge on any atom is -0.494 e. The lowest BCUT2D eigenvalue weighted by Crippen LogP contribution is -2.31. The molecule has 0 spiro atoms. The van der Waals surface area contributed by atoms with Gasteiger partial charge in [-0.05, 0) is 89.1 Å². The van der Waals surface area contributed by atoms with Crippen molar-refractivity contribution in [2.45, 2.75) is 51.0 Å². The molecule has 1 aromatic carbocycles. The molecule has 0 N–H and O–H groups in total. The number of ether oxygens (including phenoxy) is 1. The van der Waals surface area contributed by atoms with Gasteiger partial charge in [0.25, 0.3) is 0 Å².